The molecule has 0 aromatic rings. The number of thioether (sulfide) groups is 1. The van der Waals surface area contributed by atoms with Crippen LogP contribution in [0.25, 0.3) is 0 Å². The van der Waals surface area contributed by atoms with Gasteiger partial charge in [-0.25, -0.2) is 0 Å². The van der Waals surface area contributed by atoms with Crippen LogP contribution in [0.15, 0.2) is 0 Å². The maximum Gasteiger partial charge on any atom is 0.0174 e. The van der Waals surface area contributed by atoms with Gasteiger partial charge in [0.15, 0.2) is 0 Å². The van der Waals surface area contributed by atoms with Gasteiger partial charge in [0.05, 0.1) is 0 Å². The summed E-state index contributed by atoms with van der Waals surface area (Å²) in [7, 11) is 0. The van der Waals surface area contributed by atoms with Gasteiger partial charge >= 0.3 is 0 Å². The van der Waals surface area contributed by atoms with Gasteiger partial charge in [-0.15, -0.1) is 0 Å². The fourth-order valence-corrected chi connectivity index (χ4v) is 0.354. The first-order valence-corrected chi connectivity index (χ1v) is 2.48. The van der Waals surface area contributed by atoms with Crippen molar-refractivity contribution < 1.29 is 0 Å². The summed E-state index contributed by atoms with van der Waals surface area (Å²) in [6.07, 6.45) is 1.34. The van der Waals surface area contributed by atoms with Gasteiger partial charge in [0, 0.05) is 5.75 Å². The maximum absolute atomic E-state index is 2.22. The molecule has 1 aliphatic heterocycles. The number of hydrogen-bond acceptors (Lipinski definition) is 1. The standard InChI is InChI=1S/C3H5S/c1-2-4-3-1/h2H,1,3H2. The Hall–Kier alpha value is 0.350. The summed E-state index contributed by atoms with van der Waals surface area (Å²) in [5, 5.41) is 0. The first kappa shape index (κ1) is 2.58. The second-order valence-electron chi connectivity index (χ2n) is 0.826. The Morgan fingerprint density at radius 2 is 2.00 bits per heavy atom. The van der Waals surface area contributed by atoms with Gasteiger partial charge in [0.25, 0.3) is 0 Å². The van der Waals surface area contributed by atoms with Crippen molar-refractivity contribution in [3.05, 3.63) is 5.75 Å². The van der Waals surface area contributed by atoms with E-state index >= 15 is 0 Å². The minimum Gasteiger partial charge on any atom is -0.157 e. The average Bonchev–Trinajstić information content (AvgIpc) is 0.722. The molecule has 0 N–H and O–H groups in total. The summed E-state index contributed by atoms with van der Waals surface area (Å²) in [4.78, 5) is 0. The van der Waals surface area contributed by atoms with Crippen molar-refractivity contribution in [2.24, 2.45) is 0 Å². The zero-order valence-corrected chi connectivity index (χ0v) is 3.22. The normalized spacial score (nSPS) is 24.0. The Kier molecular flexibility index (Phi) is 0.631. The van der Waals surface area contributed by atoms with Crippen LogP contribution >= 0.6 is 11.8 Å². The van der Waals surface area contributed by atoms with E-state index in [1.807, 2.05) is 11.8 Å². The molecular formula is C3H5S. The average molecular weight is 73.1 g/mol. The van der Waals surface area contributed by atoms with Crippen molar-refractivity contribution in [3.8, 4) is 0 Å². The van der Waals surface area contributed by atoms with Crippen LogP contribution in [0.1, 0.15) is 6.42 Å². The first-order valence-electron chi connectivity index (χ1n) is 1.43. The summed E-state index contributed by atoms with van der Waals surface area (Å²) < 4.78 is 0. The van der Waals surface area contributed by atoms with Crippen LogP contribution in [0, 0.1) is 5.75 Å². The monoisotopic (exact) mass is 73.0 g/mol. The van der Waals surface area contributed by atoms with E-state index in [0.717, 1.165) is 0 Å². The molecule has 1 radical (unpaired) electrons. The SMILES string of the molecule is [CH]1CCS1. The lowest BCUT2D eigenvalue weighted by Gasteiger charge is -2.04. The molecule has 0 unspecified atom stereocenters. The van der Waals surface area contributed by atoms with E-state index in [1.165, 1.54) is 12.2 Å². The predicted octanol–water partition coefficient (Wildman–Crippen LogP) is 1.29. The number of hydrogen-bond donors (Lipinski definition) is 0. The van der Waals surface area contributed by atoms with E-state index in [-0.39, 0.29) is 0 Å². The molecule has 0 aromatic heterocycles. The zero-order chi connectivity index (χ0) is 2.83. The van der Waals surface area contributed by atoms with Gasteiger partial charge in [0.2, 0.25) is 0 Å². The number of rotatable bonds is 0. The van der Waals surface area contributed by atoms with E-state index < -0.39 is 0 Å². The second-order valence-corrected chi connectivity index (χ2v) is 1.90. The Morgan fingerprint density at radius 3 is 2.00 bits per heavy atom. The van der Waals surface area contributed by atoms with E-state index in [4.69, 9.17) is 0 Å². The molecule has 23 valence electrons. The minimum atomic E-state index is 1.34. The molecule has 1 aliphatic rings. The summed E-state index contributed by atoms with van der Waals surface area (Å²) in [5.74, 6) is 3.58. The van der Waals surface area contributed by atoms with Gasteiger partial charge in [-0.05, 0) is 12.2 Å². The molecule has 0 bridgehead atoms. The molecule has 0 aliphatic carbocycles. The van der Waals surface area contributed by atoms with Crippen LogP contribution in [0.2, 0.25) is 0 Å². The van der Waals surface area contributed by atoms with Gasteiger partial charge < -0.3 is 0 Å². The molecule has 1 heteroatoms. The molecule has 0 atom stereocenters. The topological polar surface area (TPSA) is 0 Å². The Balaban J connectivity index is 2.00. The predicted molar refractivity (Wildman–Crippen MR) is 21.4 cm³/mol. The van der Waals surface area contributed by atoms with Gasteiger partial charge in [-0.2, -0.15) is 11.8 Å². The molecule has 1 rings (SSSR count). The lowest BCUT2D eigenvalue weighted by molar-refractivity contribution is 1.16. The summed E-state index contributed by atoms with van der Waals surface area (Å²) in [6, 6.07) is 0. The summed E-state index contributed by atoms with van der Waals surface area (Å²) >= 11 is 1.91. The van der Waals surface area contributed by atoms with E-state index in [0.29, 0.717) is 0 Å². The van der Waals surface area contributed by atoms with Crippen molar-refractivity contribution in [3.63, 3.8) is 0 Å². The van der Waals surface area contributed by atoms with Gasteiger partial charge in [0.1, 0.15) is 0 Å². The molecule has 0 amide bonds. The third kappa shape index (κ3) is 0.226. The first-order chi connectivity index (χ1) is 2.00. The van der Waals surface area contributed by atoms with Crippen molar-refractivity contribution in [1.82, 2.24) is 0 Å². The molecule has 0 nitrogen and oxygen atoms in total. The van der Waals surface area contributed by atoms with Crippen LogP contribution < -0.4 is 0 Å². The van der Waals surface area contributed by atoms with Crippen LogP contribution in [0.5, 0.6) is 0 Å². The molecule has 1 heterocycles. The van der Waals surface area contributed by atoms with Crippen molar-refractivity contribution in [2.75, 3.05) is 5.75 Å². The summed E-state index contributed by atoms with van der Waals surface area (Å²) in [6.45, 7) is 0. The fourth-order valence-electron chi connectivity index (χ4n) is 0.118. The van der Waals surface area contributed by atoms with Crippen molar-refractivity contribution in [1.29, 1.82) is 0 Å². The smallest absolute Gasteiger partial charge is 0.0174 e. The Bertz CT molecular complexity index is 11.2. The van der Waals surface area contributed by atoms with Crippen LogP contribution in [-0.2, 0) is 0 Å². The van der Waals surface area contributed by atoms with Crippen molar-refractivity contribution in [2.45, 2.75) is 6.42 Å². The largest absolute Gasteiger partial charge is 0.157 e. The molecule has 4 heavy (non-hydrogen) atoms. The lowest BCUT2D eigenvalue weighted by Crippen LogP contribution is -1.86. The van der Waals surface area contributed by atoms with Crippen molar-refractivity contribution >= 4 is 11.8 Å². The maximum atomic E-state index is 2.22. The molecular weight excluding hydrogens is 68.1 g/mol. The zero-order valence-electron chi connectivity index (χ0n) is 2.40. The lowest BCUT2D eigenvalue weighted by atomic mass is 10.6. The third-order valence-electron chi connectivity index (χ3n) is 0.471. The highest BCUT2D eigenvalue weighted by Crippen LogP contribution is 2.21. The fraction of sp³-hybridized carbons (Fsp3) is 0.667. The molecule has 0 saturated carbocycles. The second kappa shape index (κ2) is 0.978. The van der Waals surface area contributed by atoms with Crippen LogP contribution in [-0.4, -0.2) is 5.75 Å². The highest BCUT2D eigenvalue weighted by Gasteiger charge is 1.96. The van der Waals surface area contributed by atoms with E-state index in [1.54, 1.807) is 0 Å². The molecule has 1 saturated heterocycles. The molecule has 0 aromatic carbocycles. The Morgan fingerprint density at radius 1 is 1.75 bits per heavy atom. The van der Waals surface area contributed by atoms with E-state index in [9.17, 15) is 0 Å². The summed E-state index contributed by atoms with van der Waals surface area (Å²) in [5.41, 5.74) is 0. The quantitative estimate of drug-likeness (QED) is 0.416. The Labute approximate surface area is 30.6 Å². The third-order valence-corrected chi connectivity index (χ3v) is 1.41. The molecule has 0 spiro atoms. The van der Waals surface area contributed by atoms with Crippen LogP contribution in [0.3, 0.4) is 0 Å². The van der Waals surface area contributed by atoms with Gasteiger partial charge in [-0.3, -0.25) is 0 Å². The molecule has 1 fully saturated rings. The highest BCUT2D eigenvalue weighted by atomic mass is 32.2. The van der Waals surface area contributed by atoms with Crippen LogP contribution in [0.4, 0.5) is 0 Å². The van der Waals surface area contributed by atoms with E-state index in [2.05, 4.69) is 5.75 Å². The van der Waals surface area contributed by atoms with Gasteiger partial charge in [-0.1, -0.05) is 0 Å². The highest BCUT2D eigenvalue weighted by molar-refractivity contribution is 8.02. The minimum absolute atomic E-state index is 1.34.